The lowest BCUT2D eigenvalue weighted by molar-refractivity contribution is -0.138. The van der Waals surface area contributed by atoms with Crippen molar-refractivity contribution in [1.82, 2.24) is 15.1 Å². The minimum atomic E-state index is 0.108. The molecule has 1 aromatic rings. The molecule has 0 bridgehead atoms. The van der Waals surface area contributed by atoms with Crippen molar-refractivity contribution in [3.05, 3.63) is 35.9 Å². The van der Waals surface area contributed by atoms with Crippen LogP contribution in [0.4, 0.5) is 0 Å². The van der Waals surface area contributed by atoms with E-state index in [1.165, 1.54) is 5.56 Å². The summed E-state index contributed by atoms with van der Waals surface area (Å²) in [5.41, 5.74) is 1.20. The summed E-state index contributed by atoms with van der Waals surface area (Å²) in [5.74, 6) is 0.888. The lowest BCUT2D eigenvalue weighted by atomic mass is 9.88. The summed E-state index contributed by atoms with van der Waals surface area (Å²) in [6, 6.07) is 10.3. The van der Waals surface area contributed by atoms with Crippen molar-refractivity contribution in [2.24, 2.45) is 11.8 Å². The van der Waals surface area contributed by atoms with Crippen LogP contribution in [0.25, 0.3) is 0 Å². The van der Waals surface area contributed by atoms with Crippen LogP contribution in [0.1, 0.15) is 12.5 Å². The van der Waals surface area contributed by atoms with Crippen LogP contribution in [-0.4, -0.2) is 56.0 Å². The van der Waals surface area contributed by atoms with Crippen LogP contribution >= 0.6 is 0 Å². The Morgan fingerprint density at radius 2 is 1.90 bits per heavy atom. The third-order valence-corrected chi connectivity index (χ3v) is 4.25. The van der Waals surface area contributed by atoms with Gasteiger partial charge in [-0.2, -0.15) is 0 Å². The molecular weight excluding hydrogens is 262 g/mol. The van der Waals surface area contributed by atoms with Crippen molar-refractivity contribution in [2.45, 2.75) is 13.5 Å². The highest BCUT2D eigenvalue weighted by Crippen LogP contribution is 2.19. The molecule has 0 radical (unpaired) electrons. The summed E-state index contributed by atoms with van der Waals surface area (Å²) in [6.07, 6.45) is 0. The predicted octanol–water partition coefficient (Wildman–Crippen LogP) is 1.43. The van der Waals surface area contributed by atoms with Crippen LogP contribution in [0, 0.1) is 11.8 Å². The van der Waals surface area contributed by atoms with Gasteiger partial charge in [0, 0.05) is 25.6 Å². The van der Waals surface area contributed by atoms with E-state index in [-0.39, 0.29) is 11.8 Å². The number of carbonyl (C=O) groups excluding carboxylic acids is 1. The fraction of sp³-hybridized carbons (Fsp3) is 0.588. The molecule has 1 aromatic carbocycles. The fourth-order valence-corrected chi connectivity index (χ4v) is 2.55. The SMILES string of the molecule is CC(C(=O)N(CCN(C)C)Cc1ccccc1)C1CNC1. The first-order valence-corrected chi connectivity index (χ1v) is 7.76. The summed E-state index contributed by atoms with van der Waals surface area (Å²) >= 11 is 0. The monoisotopic (exact) mass is 289 g/mol. The van der Waals surface area contributed by atoms with Crippen molar-refractivity contribution in [3.8, 4) is 0 Å². The average Bonchev–Trinajstić information content (AvgIpc) is 2.41. The first kappa shape index (κ1) is 16.0. The highest BCUT2D eigenvalue weighted by atomic mass is 16.2. The number of benzene rings is 1. The van der Waals surface area contributed by atoms with Gasteiger partial charge in [0.1, 0.15) is 0 Å². The molecule has 1 atom stereocenters. The van der Waals surface area contributed by atoms with Gasteiger partial charge in [-0.1, -0.05) is 37.3 Å². The van der Waals surface area contributed by atoms with E-state index < -0.39 is 0 Å². The molecule has 4 heteroatoms. The zero-order valence-corrected chi connectivity index (χ0v) is 13.4. The molecule has 1 heterocycles. The first-order valence-electron chi connectivity index (χ1n) is 7.76. The molecule has 1 N–H and O–H groups in total. The lowest BCUT2D eigenvalue weighted by Crippen LogP contribution is -2.51. The maximum Gasteiger partial charge on any atom is 0.226 e. The quantitative estimate of drug-likeness (QED) is 0.825. The molecule has 0 spiro atoms. The Labute approximate surface area is 128 Å². The van der Waals surface area contributed by atoms with Crippen molar-refractivity contribution < 1.29 is 4.79 Å². The fourth-order valence-electron chi connectivity index (χ4n) is 2.55. The standard InChI is InChI=1S/C17H27N3O/c1-14(16-11-18-12-16)17(21)20(10-9-19(2)3)13-15-7-5-4-6-8-15/h4-8,14,16,18H,9-13H2,1-3H3. The third kappa shape index (κ3) is 4.55. The molecule has 116 valence electrons. The minimum absolute atomic E-state index is 0.108. The molecule has 21 heavy (non-hydrogen) atoms. The maximum absolute atomic E-state index is 12.8. The molecule has 0 aromatic heterocycles. The molecule has 0 saturated carbocycles. The number of amides is 1. The second-order valence-corrected chi connectivity index (χ2v) is 6.26. The van der Waals surface area contributed by atoms with Crippen molar-refractivity contribution >= 4 is 5.91 Å². The van der Waals surface area contributed by atoms with Crippen LogP contribution in [-0.2, 0) is 11.3 Å². The minimum Gasteiger partial charge on any atom is -0.337 e. The van der Waals surface area contributed by atoms with Gasteiger partial charge in [-0.05, 0) is 38.7 Å². The number of nitrogens with one attached hydrogen (secondary N) is 1. The average molecular weight is 289 g/mol. The maximum atomic E-state index is 12.8. The molecule has 4 nitrogen and oxygen atoms in total. The van der Waals surface area contributed by atoms with Gasteiger partial charge in [-0.25, -0.2) is 0 Å². The van der Waals surface area contributed by atoms with Gasteiger partial charge in [0.05, 0.1) is 0 Å². The molecular formula is C17H27N3O. The zero-order chi connectivity index (χ0) is 15.2. The molecule has 1 unspecified atom stereocenters. The molecule has 1 saturated heterocycles. The smallest absolute Gasteiger partial charge is 0.226 e. The molecule has 0 aliphatic carbocycles. The van der Waals surface area contributed by atoms with Crippen LogP contribution in [0.3, 0.4) is 0 Å². The molecule has 1 aliphatic rings. The lowest BCUT2D eigenvalue weighted by Gasteiger charge is -2.35. The Bertz CT molecular complexity index is 443. The Morgan fingerprint density at radius 3 is 2.43 bits per heavy atom. The number of hydrogen-bond acceptors (Lipinski definition) is 3. The Morgan fingerprint density at radius 1 is 1.24 bits per heavy atom. The van der Waals surface area contributed by atoms with Gasteiger partial charge in [0.25, 0.3) is 0 Å². The van der Waals surface area contributed by atoms with Crippen molar-refractivity contribution in [1.29, 1.82) is 0 Å². The summed E-state index contributed by atoms with van der Waals surface area (Å²) in [4.78, 5) is 16.9. The Balaban J connectivity index is 2.01. The van der Waals surface area contributed by atoms with Crippen LogP contribution < -0.4 is 5.32 Å². The van der Waals surface area contributed by atoms with E-state index in [1.807, 2.05) is 37.2 Å². The summed E-state index contributed by atoms with van der Waals surface area (Å²) in [7, 11) is 4.09. The topological polar surface area (TPSA) is 35.6 Å². The van der Waals surface area contributed by atoms with E-state index in [9.17, 15) is 4.79 Å². The van der Waals surface area contributed by atoms with Gasteiger partial charge in [0.15, 0.2) is 0 Å². The first-order chi connectivity index (χ1) is 10.1. The molecule has 2 rings (SSSR count). The van der Waals surface area contributed by atoms with E-state index >= 15 is 0 Å². The van der Waals surface area contributed by atoms with Gasteiger partial charge < -0.3 is 15.1 Å². The summed E-state index contributed by atoms with van der Waals surface area (Å²) in [6.45, 7) is 6.40. The number of carbonyl (C=O) groups is 1. The van der Waals surface area contributed by atoms with Gasteiger partial charge in [-0.15, -0.1) is 0 Å². The number of nitrogens with zero attached hydrogens (tertiary/aromatic N) is 2. The zero-order valence-electron chi connectivity index (χ0n) is 13.4. The molecule has 1 fully saturated rings. The highest BCUT2D eigenvalue weighted by molar-refractivity contribution is 5.79. The normalized spacial score (nSPS) is 16.6. The van der Waals surface area contributed by atoms with Crippen molar-refractivity contribution in [3.63, 3.8) is 0 Å². The third-order valence-electron chi connectivity index (χ3n) is 4.25. The van der Waals surface area contributed by atoms with Crippen LogP contribution in [0.15, 0.2) is 30.3 Å². The van der Waals surface area contributed by atoms with E-state index in [0.717, 1.165) is 26.2 Å². The number of likely N-dealkylation sites (N-methyl/N-ethyl adjacent to an activating group) is 1. The van der Waals surface area contributed by atoms with Gasteiger partial charge in [0.2, 0.25) is 5.91 Å². The van der Waals surface area contributed by atoms with E-state index in [4.69, 9.17) is 0 Å². The van der Waals surface area contributed by atoms with Gasteiger partial charge in [-0.3, -0.25) is 4.79 Å². The number of rotatable bonds is 7. The van der Waals surface area contributed by atoms with E-state index in [0.29, 0.717) is 12.5 Å². The second kappa shape index (κ2) is 7.57. The van der Waals surface area contributed by atoms with Gasteiger partial charge >= 0.3 is 0 Å². The van der Waals surface area contributed by atoms with E-state index in [2.05, 4.69) is 29.3 Å². The predicted molar refractivity (Wildman–Crippen MR) is 85.9 cm³/mol. The van der Waals surface area contributed by atoms with Crippen LogP contribution in [0.2, 0.25) is 0 Å². The summed E-state index contributed by atoms with van der Waals surface area (Å²) in [5, 5.41) is 3.26. The second-order valence-electron chi connectivity index (χ2n) is 6.26. The Kier molecular flexibility index (Phi) is 5.76. The van der Waals surface area contributed by atoms with E-state index in [1.54, 1.807) is 0 Å². The highest BCUT2D eigenvalue weighted by Gasteiger charge is 2.31. The molecule has 1 aliphatic heterocycles. The number of hydrogen-bond donors (Lipinski definition) is 1. The van der Waals surface area contributed by atoms with Crippen LogP contribution in [0.5, 0.6) is 0 Å². The summed E-state index contributed by atoms with van der Waals surface area (Å²) < 4.78 is 0. The Hall–Kier alpha value is -1.39. The molecule has 1 amide bonds. The largest absolute Gasteiger partial charge is 0.337 e. The van der Waals surface area contributed by atoms with Crippen molar-refractivity contribution in [2.75, 3.05) is 40.3 Å².